The van der Waals surface area contributed by atoms with Crippen LogP contribution in [0.2, 0.25) is 0 Å². The summed E-state index contributed by atoms with van der Waals surface area (Å²) in [5, 5.41) is 2.96. The van der Waals surface area contributed by atoms with Crippen molar-refractivity contribution >= 4 is 5.91 Å². The molecule has 1 N–H and O–H groups in total. The van der Waals surface area contributed by atoms with Gasteiger partial charge in [-0.2, -0.15) is 0 Å². The van der Waals surface area contributed by atoms with E-state index in [-0.39, 0.29) is 23.5 Å². The number of rotatable bonds is 6. The summed E-state index contributed by atoms with van der Waals surface area (Å²) in [6.45, 7) is 2.42. The first-order valence-corrected chi connectivity index (χ1v) is 10.2. The Bertz CT molecular complexity index is 1090. The highest BCUT2D eigenvalue weighted by atomic mass is 19.1. The minimum absolute atomic E-state index is 0.195. The van der Waals surface area contributed by atoms with E-state index in [1.54, 1.807) is 31.6 Å². The van der Waals surface area contributed by atoms with Gasteiger partial charge in [0, 0.05) is 29.4 Å². The van der Waals surface area contributed by atoms with Crippen LogP contribution >= 0.6 is 0 Å². The van der Waals surface area contributed by atoms with Gasteiger partial charge in [-0.25, -0.2) is 14.4 Å². The van der Waals surface area contributed by atoms with Gasteiger partial charge in [0.05, 0.1) is 31.8 Å². The van der Waals surface area contributed by atoms with Crippen LogP contribution in [-0.4, -0.2) is 40.6 Å². The van der Waals surface area contributed by atoms with Crippen molar-refractivity contribution in [3.05, 3.63) is 65.5 Å². The number of ether oxygens (including phenoxy) is 2. The standard InChI is InChI=1S/C23H23FN4O3/c1-3-31-22-9-4-14(11-26-22)19-12-25-13-20(28-19)23(29)27-15-5-6-16-17(10-15)18(24)7-8-21(16)30-2/h4,7-9,11-13,15H,3,5-6,10H2,1-2H3,(H,27,29)/t15-/m1/s1. The van der Waals surface area contributed by atoms with E-state index < -0.39 is 0 Å². The van der Waals surface area contributed by atoms with Crippen LogP contribution in [0.15, 0.2) is 42.9 Å². The molecule has 1 aromatic carbocycles. The van der Waals surface area contributed by atoms with Gasteiger partial charge in [-0.1, -0.05) is 0 Å². The van der Waals surface area contributed by atoms with E-state index in [2.05, 4.69) is 20.3 Å². The number of pyridine rings is 1. The van der Waals surface area contributed by atoms with E-state index in [1.165, 1.54) is 12.3 Å². The van der Waals surface area contributed by atoms with Crippen LogP contribution in [0.1, 0.15) is 35.0 Å². The molecule has 0 fully saturated rings. The Hall–Kier alpha value is -3.55. The number of fused-ring (bicyclic) bond motifs is 1. The third-order valence-electron chi connectivity index (χ3n) is 5.27. The Labute approximate surface area is 179 Å². The Balaban J connectivity index is 1.48. The molecule has 0 spiro atoms. The second-order valence-electron chi connectivity index (χ2n) is 7.23. The number of hydrogen-bond donors (Lipinski definition) is 1. The van der Waals surface area contributed by atoms with Crippen LogP contribution in [0, 0.1) is 5.82 Å². The zero-order valence-corrected chi connectivity index (χ0v) is 17.4. The summed E-state index contributed by atoms with van der Waals surface area (Å²) < 4.78 is 25.0. The lowest BCUT2D eigenvalue weighted by Crippen LogP contribution is -2.39. The normalized spacial score (nSPS) is 15.1. The predicted molar refractivity (Wildman–Crippen MR) is 113 cm³/mol. The highest BCUT2D eigenvalue weighted by Crippen LogP contribution is 2.31. The maximum Gasteiger partial charge on any atom is 0.271 e. The first-order valence-electron chi connectivity index (χ1n) is 10.2. The monoisotopic (exact) mass is 422 g/mol. The molecule has 31 heavy (non-hydrogen) atoms. The van der Waals surface area contributed by atoms with Gasteiger partial charge in [-0.3, -0.25) is 9.78 Å². The summed E-state index contributed by atoms with van der Waals surface area (Å²) >= 11 is 0. The van der Waals surface area contributed by atoms with Crippen LogP contribution in [0.5, 0.6) is 11.6 Å². The van der Waals surface area contributed by atoms with Crippen molar-refractivity contribution in [2.75, 3.05) is 13.7 Å². The lowest BCUT2D eigenvalue weighted by molar-refractivity contribution is 0.0928. The SMILES string of the molecule is CCOc1ccc(-c2cncc(C(=O)N[C@@H]3CCc4c(OC)ccc(F)c4C3)n2)cn1. The molecule has 1 amide bonds. The summed E-state index contributed by atoms with van der Waals surface area (Å²) in [7, 11) is 1.58. The topological polar surface area (TPSA) is 86.2 Å². The Kier molecular flexibility index (Phi) is 6.06. The highest BCUT2D eigenvalue weighted by Gasteiger charge is 2.26. The molecule has 0 saturated heterocycles. The molecule has 0 bridgehead atoms. The molecular weight excluding hydrogens is 399 g/mol. The lowest BCUT2D eigenvalue weighted by atomic mass is 9.87. The van der Waals surface area contributed by atoms with Gasteiger partial charge in [0.15, 0.2) is 0 Å². The number of carbonyl (C=O) groups excluding carboxylic acids is 1. The average Bonchev–Trinajstić information content (AvgIpc) is 2.80. The van der Waals surface area contributed by atoms with Gasteiger partial charge in [0.25, 0.3) is 5.91 Å². The van der Waals surface area contributed by atoms with Crippen LogP contribution < -0.4 is 14.8 Å². The average molecular weight is 422 g/mol. The molecule has 7 nitrogen and oxygen atoms in total. The largest absolute Gasteiger partial charge is 0.496 e. The molecule has 2 heterocycles. The molecule has 8 heteroatoms. The number of carbonyl (C=O) groups is 1. The third-order valence-corrected chi connectivity index (χ3v) is 5.27. The van der Waals surface area contributed by atoms with Gasteiger partial charge in [-0.15, -0.1) is 0 Å². The molecular formula is C23H23FN4O3. The number of amides is 1. The Morgan fingerprint density at radius 3 is 2.81 bits per heavy atom. The van der Waals surface area contributed by atoms with Crippen LogP contribution in [-0.2, 0) is 12.8 Å². The number of methoxy groups -OCH3 is 1. The molecule has 0 unspecified atom stereocenters. The molecule has 160 valence electrons. The first kappa shape index (κ1) is 20.7. The molecule has 0 saturated carbocycles. The molecule has 4 rings (SSSR count). The van der Waals surface area contributed by atoms with Gasteiger partial charge >= 0.3 is 0 Å². The molecule has 0 radical (unpaired) electrons. The summed E-state index contributed by atoms with van der Waals surface area (Å²) in [4.78, 5) is 25.6. The molecule has 0 aliphatic heterocycles. The smallest absolute Gasteiger partial charge is 0.271 e. The molecule has 1 atom stereocenters. The zero-order chi connectivity index (χ0) is 21.8. The molecule has 1 aliphatic carbocycles. The number of nitrogens with one attached hydrogen (secondary N) is 1. The van der Waals surface area contributed by atoms with Crippen molar-refractivity contribution in [1.82, 2.24) is 20.3 Å². The molecule has 2 aromatic heterocycles. The van der Waals surface area contributed by atoms with E-state index in [1.807, 2.05) is 13.0 Å². The maximum absolute atomic E-state index is 14.3. The fourth-order valence-electron chi connectivity index (χ4n) is 3.76. The number of benzene rings is 1. The molecule has 1 aliphatic rings. The minimum atomic E-state index is -0.343. The minimum Gasteiger partial charge on any atom is -0.496 e. The lowest BCUT2D eigenvalue weighted by Gasteiger charge is -2.27. The molecule has 3 aromatic rings. The number of nitrogens with zero attached hydrogens (tertiary/aromatic N) is 3. The summed E-state index contributed by atoms with van der Waals surface area (Å²) in [5.74, 6) is 0.586. The van der Waals surface area contributed by atoms with E-state index >= 15 is 0 Å². The highest BCUT2D eigenvalue weighted by molar-refractivity contribution is 5.92. The van der Waals surface area contributed by atoms with Crippen molar-refractivity contribution < 1.29 is 18.7 Å². The number of aromatic nitrogens is 3. The van der Waals surface area contributed by atoms with Gasteiger partial charge < -0.3 is 14.8 Å². The fraction of sp³-hybridized carbons (Fsp3) is 0.304. The van der Waals surface area contributed by atoms with E-state index in [4.69, 9.17) is 9.47 Å². The summed E-state index contributed by atoms with van der Waals surface area (Å²) in [6.07, 6.45) is 6.35. The van der Waals surface area contributed by atoms with Gasteiger partial charge in [0.2, 0.25) is 5.88 Å². The van der Waals surface area contributed by atoms with Crippen molar-refractivity contribution in [2.45, 2.75) is 32.2 Å². The quantitative estimate of drug-likeness (QED) is 0.656. The second kappa shape index (κ2) is 9.07. The zero-order valence-electron chi connectivity index (χ0n) is 17.4. The van der Waals surface area contributed by atoms with E-state index in [9.17, 15) is 9.18 Å². The fourth-order valence-corrected chi connectivity index (χ4v) is 3.76. The van der Waals surface area contributed by atoms with Crippen LogP contribution in [0.3, 0.4) is 0 Å². The number of hydrogen-bond acceptors (Lipinski definition) is 6. The maximum atomic E-state index is 14.3. The van der Waals surface area contributed by atoms with Crippen molar-refractivity contribution in [3.8, 4) is 22.9 Å². The van der Waals surface area contributed by atoms with Crippen molar-refractivity contribution in [3.63, 3.8) is 0 Å². The Morgan fingerprint density at radius 2 is 2.06 bits per heavy atom. The second-order valence-corrected chi connectivity index (χ2v) is 7.23. The Morgan fingerprint density at radius 1 is 1.19 bits per heavy atom. The summed E-state index contributed by atoms with van der Waals surface area (Å²) in [6, 6.07) is 6.42. The van der Waals surface area contributed by atoms with Crippen molar-refractivity contribution in [1.29, 1.82) is 0 Å². The summed E-state index contributed by atoms with van der Waals surface area (Å²) in [5.41, 5.74) is 2.93. The predicted octanol–water partition coefficient (Wildman–Crippen LogP) is 3.37. The number of halogens is 1. The van der Waals surface area contributed by atoms with E-state index in [0.717, 1.165) is 11.1 Å². The van der Waals surface area contributed by atoms with Gasteiger partial charge in [-0.05, 0) is 49.9 Å². The third kappa shape index (κ3) is 4.47. The van der Waals surface area contributed by atoms with Crippen LogP contribution in [0.4, 0.5) is 4.39 Å². The van der Waals surface area contributed by atoms with Crippen molar-refractivity contribution in [2.24, 2.45) is 0 Å². The first-order chi connectivity index (χ1) is 15.1. The van der Waals surface area contributed by atoms with Gasteiger partial charge in [0.1, 0.15) is 17.3 Å². The van der Waals surface area contributed by atoms with E-state index in [0.29, 0.717) is 48.8 Å². The van der Waals surface area contributed by atoms with Crippen LogP contribution in [0.25, 0.3) is 11.3 Å².